The summed E-state index contributed by atoms with van der Waals surface area (Å²) in [5, 5.41) is 2.58. The quantitative estimate of drug-likeness (QED) is 0.767. The molecule has 120 valence electrons. The van der Waals surface area contributed by atoms with Crippen LogP contribution in [0.4, 0.5) is 30.7 Å². The van der Waals surface area contributed by atoms with E-state index in [2.05, 4.69) is 5.32 Å². The van der Waals surface area contributed by atoms with Gasteiger partial charge in [-0.2, -0.15) is 26.3 Å². The summed E-state index contributed by atoms with van der Waals surface area (Å²) < 4.78 is 88.5. The lowest BCUT2D eigenvalue weighted by atomic mass is 9.98. The van der Waals surface area contributed by atoms with Crippen LogP contribution in [0.2, 0.25) is 0 Å². The highest BCUT2D eigenvalue weighted by Crippen LogP contribution is 2.35. The Morgan fingerprint density at radius 2 is 1.71 bits per heavy atom. The average Bonchev–Trinajstić information content (AvgIpc) is 2.32. The van der Waals surface area contributed by atoms with Crippen molar-refractivity contribution in [2.45, 2.75) is 38.2 Å². The molecular formula is C13H14F7N. The molecule has 0 fully saturated rings. The lowest BCUT2D eigenvalue weighted by Crippen LogP contribution is -2.25. The van der Waals surface area contributed by atoms with Crippen LogP contribution in [0.3, 0.4) is 0 Å². The molecule has 0 aliphatic rings. The summed E-state index contributed by atoms with van der Waals surface area (Å²) in [6.45, 7) is 1.78. The van der Waals surface area contributed by atoms with E-state index < -0.39 is 48.2 Å². The van der Waals surface area contributed by atoms with E-state index in [0.29, 0.717) is 6.07 Å². The molecule has 0 saturated heterocycles. The molecular weight excluding hydrogens is 303 g/mol. The fourth-order valence-corrected chi connectivity index (χ4v) is 1.96. The van der Waals surface area contributed by atoms with E-state index in [1.54, 1.807) is 6.92 Å². The van der Waals surface area contributed by atoms with Gasteiger partial charge in [0.05, 0.1) is 5.56 Å². The highest BCUT2D eigenvalue weighted by atomic mass is 19.4. The maximum Gasteiger partial charge on any atom is 0.419 e. The Morgan fingerprint density at radius 1 is 1.10 bits per heavy atom. The maximum absolute atomic E-state index is 13.9. The molecule has 0 amide bonds. The molecule has 1 nitrogen and oxygen atoms in total. The second-order valence-corrected chi connectivity index (χ2v) is 4.47. The molecule has 0 radical (unpaired) electrons. The van der Waals surface area contributed by atoms with Crippen molar-refractivity contribution in [3.63, 3.8) is 0 Å². The fraction of sp³-hybridized carbons (Fsp3) is 0.538. The van der Waals surface area contributed by atoms with Gasteiger partial charge in [-0.1, -0.05) is 19.1 Å². The summed E-state index contributed by atoms with van der Waals surface area (Å²) in [4.78, 5) is 0. The summed E-state index contributed by atoms with van der Waals surface area (Å²) in [5.74, 6) is -1.53. The van der Waals surface area contributed by atoms with Crippen molar-refractivity contribution in [1.29, 1.82) is 0 Å². The molecule has 0 saturated carbocycles. The number of hydrogen-bond acceptors (Lipinski definition) is 1. The SMILES string of the molecule is CCNC(CCC(F)(F)F)c1cccc(C(F)(F)F)c1F. The molecule has 8 heteroatoms. The Bertz CT molecular complexity index is 465. The highest BCUT2D eigenvalue weighted by molar-refractivity contribution is 5.30. The van der Waals surface area contributed by atoms with Crippen molar-refractivity contribution in [2.75, 3.05) is 6.54 Å². The van der Waals surface area contributed by atoms with Crippen LogP contribution in [0.15, 0.2) is 18.2 Å². The van der Waals surface area contributed by atoms with Crippen LogP contribution < -0.4 is 5.32 Å². The first kappa shape index (κ1) is 17.7. The van der Waals surface area contributed by atoms with Gasteiger partial charge in [0.25, 0.3) is 0 Å². The van der Waals surface area contributed by atoms with Crippen LogP contribution in [-0.4, -0.2) is 12.7 Å². The van der Waals surface area contributed by atoms with Crippen molar-refractivity contribution in [3.8, 4) is 0 Å². The molecule has 1 N–H and O–H groups in total. The summed E-state index contributed by atoms with van der Waals surface area (Å²) in [5.41, 5.74) is -1.88. The minimum absolute atomic E-state index is 0.207. The lowest BCUT2D eigenvalue weighted by Gasteiger charge is -2.21. The van der Waals surface area contributed by atoms with E-state index in [-0.39, 0.29) is 6.54 Å². The van der Waals surface area contributed by atoms with Gasteiger partial charge in [0.1, 0.15) is 5.82 Å². The number of halogens is 7. The maximum atomic E-state index is 13.9. The Balaban J connectivity index is 3.08. The zero-order valence-electron chi connectivity index (χ0n) is 11.1. The summed E-state index contributed by atoms with van der Waals surface area (Å²) in [6, 6.07) is 1.48. The smallest absolute Gasteiger partial charge is 0.310 e. The Morgan fingerprint density at radius 3 is 2.19 bits per heavy atom. The molecule has 0 spiro atoms. The van der Waals surface area contributed by atoms with Gasteiger partial charge in [-0.05, 0) is 19.0 Å². The molecule has 1 unspecified atom stereocenters. The predicted molar refractivity (Wildman–Crippen MR) is 63.1 cm³/mol. The molecule has 0 aliphatic heterocycles. The number of nitrogens with one attached hydrogen (secondary N) is 1. The van der Waals surface area contributed by atoms with Crippen molar-refractivity contribution in [2.24, 2.45) is 0 Å². The van der Waals surface area contributed by atoms with E-state index in [0.717, 1.165) is 12.1 Å². The Labute approximate surface area is 117 Å². The summed E-state index contributed by atoms with van der Waals surface area (Å²) in [6.07, 6.45) is -11.1. The topological polar surface area (TPSA) is 12.0 Å². The molecule has 0 heterocycles. The number of benzene rings is 1. The van der Waals surface area contributed by atoms with Crippen LogP contribution in [0.25, 0.3) is 0 Å². The van der Waals surface area contributed by atoms with Crippen LogP contribution >= 0.6 is 0 Å². The van der Waals surface area contributed by atoms with Gasteiger partial charge in [-0.25, -0.2) is 4.39 Å². The van der Waals surface area contributed by atoms with Crippen molar-refractivity contribution in [1.82, 2.24) is 5.32 Å². The lowest BCUT2D eigenvalue weighted by molar-refractivity contribution is -0.140. The summed E-state index contributed by atoms with van der Waals surface area (Å²) in [7, 11) is 0. The first-order valence-electron chi connectivity index (χ1n) is 6.22. The van der Waals surface area contributed by atoms with Crippen molar-refractivity contribution in [3.05, 3.63) is 35.1 Å². The van der Waals surface area contributed by atoms with Crippen molar-refractivity contribution >= 4 is 0 Å². The van der Waals surface area contributed by atoms with Crippen molar-refractivity contribution < 1.29 is 30.7 Å². The van der Waals surface area contributed by atoms with Gasteiger partial charge in [-0.15, -0.1) is 0 Å². The third kappa shape index (κ3) is 5.18. The molecule has 1 rings (SSSR count). The number of alkyl halides is 6. The van der Waals surface area contributed by atoms with Crippen LogP contribution in [-0.2, 0) is 6.18 Å². The number of rotatable bonds is 5. The first-order valence-corrected chi connectivity index (χ1v) is 6.22. The second-order valence-electron chi connectivity index (χ2n) is 4.47. The third-order valence-corrected chi connectivity index (χ3v) is 2.88. The molecule has 1 atom stereocenters. The Hall–Kier alpha value is -1.31. The highest BCUT2D eigenvalue weighted by Gasteiger charge is 2.36. The minimum Gasteiger partial charge on any atom is -0.310 e. The number of hydrogen-bond donors (Lipinski definition) is 1. The first-order chi connectivity index (χ1) is 9.56. The van der Waals surface area contributed by atoms with E-state index >= 15 is 0 Å². The molecule has 1 aromatic carbocycles. The fourth-order valence-electron chi connectivity index (χ4n) is 1.96. The molecule has 0 aliphatic carbocycles. The van der Waals surface area contributed by atoms with E-state index in [4.69, 9.17) is 0 Å². The van der Waals surface area contributed by atoms with Gasteiger partial charge in [0.15, 0.2) is 0 Å². The van der Waals surface area contributed by atoms with E-state index in [1.807, 2.05) is 0 Å². The largest absolute Gasteiger partial charge is 0.419 e. The van der Waals surface area contributed by atoms with Gasteiger partial charge in [-0.3, -0.25) is 0 Å². The van der Waals surface area contributed by atoms with E-state index in [9.17, 15) is 30.7 Å². The van der Waals surface area contributed by atoms with Crippen LogP contribution in [0, 0.1) is 5.82 Å². The average molecular weight is 317 g/mol. The van der Waals surface area contributed by atoms with Crippen LogP contribution in [0.1, 0.15) is 36.9 Å². The molecule has 0 bridgehead atoms. The summed E-state index contributed by atoms with van der Waals surface area (Å²) >= 11 is 0. The monoisotopic (exact) mass is 317 g/mol. The zero-order chi connectivity index (χ0) is 16.3. The molecule has 1 aromatic rings. The van der Waals surface area contributed by atoms with Gasteiger partial charge in [0.2, 0.25) is 0 Å². The van der Waals surface area contributed by atoms with Crippen LogP contribution in [0.5, 0.6) is 0 Å². The second kappa shape index (κ2) is 6.64. The molecule has 21 heavy (non-hydrogen) atoms. The molecule has 0 aromatic heterocycles. The van der Waals surface area contributed by atoms with Gasteiger partial charge < -0.3 is 5.32 Å². The normalized spacial score (nSPS) is 14.3. The van der Waals surface area contributed by atoms with E-state index in [1.165, 1.54) is 0 Å². The predicted octanol–water partition coefficient (Wildman–Crippen LogP) is 4.84. The standard InChI is InChI=1S/C13H14F7N/c1-2-21-10(6-7-12(15,16)17)8-4-3-5-9(11(8)14)13(18,19)20/h3-5,10,21H,2,6-7H2,1H3. The van der Waals surface area contributed by atoms with Gasteiger partial charge in [0, 0.05) is 18.0 Å². The third-order valence-electron chi connectivity index (χ3n) is 2.88. The Kier molecular flexibility index (Phi) is 5.61. The minimum atomic E-state index is -4.89. The van der Waals surface area contributed by atoms with Gasteiger partial charge >= 0.3 is 12.4 Å². The zero-order valence-corrected chi connectivity index (χ0v) is 11.1.